The molecule has 0 saturated heterocycles. The number of ketones is 2. The van der Waals surface area contributed by atoms with Gasteiger partial charge >= 0.3 is 6.18 Å². The fraction of sp³-hybridized carbons (Fsp3) is 0.200. The van der Waals surface area contributed by atoms with Crippen LogP contribution in [0.3, 0.4) is 0 Å². The Kier molecular flexibility index (Phi) is 3.97. The third kappa shape index (κ3) is 3.21. The number of benzene rings is 1. The van der Waals surface area contributed by atoms with Gasteiger partial charge in [-0.15, -0.1) is 0 Å². The van der Waals surface area contributed by atoms with Gasteiger partial charge in [-0.2, -0.15) is 13.2 Å². The number of hydrogen-bond donors (Lipinski definition) is 0. The molecule has 1 aromatic heterocycles. The molecule has 0 radical (unpaired) electrons. The topological polar surface area (TPSA) is 47.3 Å². The summed E-state index contributed by atoms with van der Waals surface area (Å²) in [6, 6.07) is 5.81. The van der Waals surface area contributed by atoms with Gasteiger partial charge in [0, 0.05) is 5.56 Å². The van der Waals surface area contributed by atoms with Gasteiger partial charge in [-0.3, -0.25) is 9.59 Å². The molecule has 1 aromatic carbocycles. The van der Waals surface area contributed by atoms with E-state index in [0.717, 1.165) is 12.1 Å². The summed E-state index contributed by atoms with van der Waals surface area (Å²) in [7, 11) is 0. The van der Waals surface area contributed by atoms with Gasteiger partial charge in [0.1, 0.15) is 5.76 Å². The molecule has 0 amide bonds. The van der Waals surface area contributed by atoms with Gasteiger partial charge in [0.25, 0.3) is 0 Å². The van der Waals surface area contributed by atoms with Crippen molar-refractivity contribution < 1.29 is 27.2 Å². The second kappa shape index (κ2) is 5.55. The summed E-state index contributed by atoms with van der Waals surface area (Å²) in [6.45, 7) is 1.54. The van der Waals surface area contributed by atoms with Gasteiger partial charge in [-0.25, -0.2) is 0 Å². The summed E-state index contributed by atoms with van der Waals surface area (Å²) in [5, 5.41) is 0. The molecule has 21 heavy (non-hydrogen) atoms. The highest BCUT2D eigenvalue weighted by molar-refractivity contribution is 6.14. The zero-order valence-electron chi connectivity index (χ0n) is 11.0. The summed E-state index contributed by atoms with van der Waals surface area (Å²) in [5.41, 5.74) is -1.33. The first kappa shape index (κ1) is 15.0. The number of furan rings is 1. The summed E-state index contributed by atoms with van der Waals surface area (Å²) in [6.07, 6.45) is -3.98. The highest BCUT2D eigenvalue weighted by Gasteiger charge is 2.35. The Hall–Kier alpha value is -2.37. The van der Waals surface area contributed by atoms with Gasteiger partial charge < -0.3 is 4.42 Å². The van der Waals surface area contributed by atoms with Crippen molar-refractivity contribution in [1.82, 2.24) is 0 Å². The molecule has 0 aliphatic carbocycles. The monoisotopic (exact) mass is 296 g/mol. The molecule has 0 spiro atoms. The van der Waals surface area contributed by atoms with E-state index in [0.29, 0.717) is 5.76 Å². The van der Waals surface area contributed by atoms with Crippen molar-refractivity contribution in [2.45, 2.75) is 19.5 Å². The highest BCUT2D eigenvalue weighted by atomic mass is 19.4. The molecular formula is C15H11F3O3. The van der Waals surface area contributed by atoms with E-state index in [1.807, 2.05) is 0 Å². The number of Topliss-reactive ketones (excluding diaryl/α,β-unsaturated/α-hetero) is 2. The molecule has 0 aliphatic heterocycles. The predicted molar refractivity (Wildman–Crippen MR) is 68.2 cm³/mol. The second-order valence-corrected chi connectivity index (χ2v) is 4.46. The third-order valence-electron chi connectivity index (χ3n) is 3.01. The van der Waals surface area contributed by atoms with Crippen molar-refractivity contribution in [3.8, 4) is 0 Å². The van der Waals surface area contributed by atoms with Crippen molar-refractivity contribution in [2.75, 3.05) is 0 Å². The molecule has 2 aromatic rings. The van der Waals surface area contributed by atoms with Crippen molar-refractivity contribution in [3.05, 3.63) is 59.0 Å². The maximum absolute atomic E-state index is 12.8. The van der Waals surface area contributed by atoms with Crippen molar-refractivity contribution in [3.63, 3.8) is 0 Å². The average Bonchev–Trinajstić information content (AvgIpc) is 2.84. The number of halogens is 3. The summed E-state index contributed by atoms with van der Waals surface area (Å²) >= 11 is 0. The van der Waals surface area contributed by atoms with E-state index in [1.165, 1.54) is 24.5 Å². The lowest BCUT2D eigenvalue weighted by Crippen LogP contribution is -2.15. The van der Waals surface area contributed by atoms with Crippen molar-refractivity contribution >= 4 is 11.6 Å². The number of alkyl halides is 3. The first-order valence-electron chi connectivity index (χ1n) is 6.07. The zero-order valence-corrected chi connectivity index (χ0v) is 11.0. The standard InChI is InChI=1S/C15H11F3O3/c1-9-10(6-7-21-9)13(19)8-14(20)11-4-2-3-5-12(11)15(16,17)18/h2-7H,8H2,1H3. The number of carbonyl (C=O) groups excluding carboxylic acids is 2. The van der Waals surface area contributed by atoms with Crippen LogP contribution in [0.5, 0.6) is 0 Å². The first-order valence-corrected chi connectivity index (χ1v) is 6.07. The van der Waals surface area contributed by atoms with Crippen LogP contribution < -0.4 is 0 Å². The lowest BCUT2D eigenvalue weighted by molar-refractivity contribution is -0.137. The van der Waals surface area contributed by atoms with Gasteiger partial charge in [-0.05, 0) is 19.1 Å². The van der Waals surface area contributed by atoms with Crippen molar-refractivity contribution in [2.24, 2.45) is 0 Å². The first-order chi connectivity index (χ1) is 9.80. The van der Waals surface area contributed by atoms with Crippen LogP contribution in [0, 0.1) is 6.92 Å². The molecule has 0 unspecified atom stereocenters. The number of rotatable bonds is 4. The lowest BCUT2D eigenvalue weighted by Gasteiger charge is -2.11. The Balaban J connectivity index is 2.26. The van der Waals surface area contributed by atoms with Crippen molar-refractivity contribution in [1.29, 1.82) is 0 Å². The number of hydrogen-bond acceptors (Lipinski definition) is 3. The minimum Gasteiger partial charge on any atom is -0.469 e. The number of aryl methyl sites for hydroxylation is 1. The molecule has 0 saturated carbocycles. The summed E-state index contributed by atoms with van der Waals surface area (Å²) < 4.78 is 43.4. The Labute approximate surface area is 118 Å². The normalized spacial score (nSPS) is 11.4. The zero-order chi connectivity index (χ0) is 15.6. The number of carbonyl (C=O) groups is 2. The maximum Gasteiger partial charge on any atom is 0.417 e. The molecule has 0 fully saturated rings. The minimum atomic E-state index is -4.64. The molecule has 3 nitrogen and oxygen atoms in total. The van der Waals surface area contributed by atoms with Gasteiger partial charge in [0.2, 0.25) is 0 Å². The van der Waals surface area contributed by atoms with Crippen LogP contribution in [0.25, 0.3) is 0 Å². The molecule has 0 aliphatic rings. The maximum atomic E-state index is 12.8. The molecule has 0 atom stereocenters. The quantitative estimate of drug-likeness (QED) is 0.631. The van der Waals surface area contributed by atoms with E-state index >= 15 is 0 Å². The van der Waals surface area contributed by atoms with Gasteiger partial charge in [0.15, 0.2) is 11.6 Å². The SMILES string of the molecule is Cc1occc1C(=O)CC(=O)c1ccccc1C(F)(F)F. The molecular weight excluding hydrogens is 285 g/mol. The van der Waals surface area contributed by atoms with Crippen LogP contribution in [0.2, 0.25) is 0 Å². The Morgan fingerprint density at radius 3 is 2.24 bits per heavy atom. The molecule has 2 rings (SSSR count). The van der Waals surface area contributed by atoms with E-state index in [2.05, 4.69) is 0 Å². The smallest absolute Gasteiger partial charge is 0.417 e. The van der Waals surface area contributed by atoms with E-state index in [-0.39, 0.29) is 5.56 Å². The fourth-order valence-electron chi connectivity index (χ4n) is 1.98. The average molecular weight is 296 g/mol. The predicted octanol–water partition coefficient (Wildman–Crippen LogP) is 4.06. The van der Waals surface area contributed by atoms with Crippen LogP contribution in [0.1, 0.15) is 38.5 Å². The van der Waals surface area contributed by atoms with Crippen LogP contribution in [0.15, 0.2) is 41.0 Å². The van der Waals surface area contributed by atoms with Crippen LogP contribution in [-0.2, 0) is 6.18 Å². The van der Waals surface area contributed by atoms with E-state index in [9.17, 15) is 22.8 Å². The van der Waals surface area contributed by atoms with Crippen LogP contribution >= 0.6 is 0 Å². The summed E-state index contributed by atoms with van der Waals surface area (Å²) in [4.78, 5) is 23.9. The lowest BCUT2D eigenvalue weighted by atomic mass is 9.98. The Morgan fingerprint density at radius 1 is 1.05 bits per heavy atom. The van der Waals surface area contributed by atoms with E-state index in [1.54, 1.807) is 6.92 Å². The van der Waals surface area contributed by atoms with Crippen LogP contribution in [-0.4, -0.2) is 11.6 Å². The Morgan fingerprint density at radius 2 is 1.67 bits per heavy atom. The van der Waals surface area contributed by atoms with Gasteiger partial charge in [-0.1, -0.05) is 18.2 Å². The van der Waals surface area contributed by atoms with Crippen LogP contribution in [0.4, 0.5) is 13.2 Å². The molecule has 0 N–H and O–H groups in total. The Bertz CT molecular complexity index is 683. The van der Waals surface area contributed by atoms with Gasteiger partial charge in [0.05, 0.1) is 23.8 Å². The fourth-order valence-corrected chi connectivity index (χ4v) is 1.98. The second-order valence-electron chi connectivity index (χ2n) is 4.46. The molecule has 0 bridgehead atoms. The summed E-state index contributed by atoms with van der Waals surface area (Å²) in [5.74, 6) is -1.10. The molecule has 6 heteroatoms. The largest absolute Gasteiger partial charge is 0.469 e. The molecule has 110 valence electrons. The third-order valence-corrected chi connectivity index (χ3v) is 3.01. The highest BCUT2D eigenvalue weighted by Crippen LogP contribution is 2.32. The van der Waals surface area contributed by atoms with E-state index < -0.39 is 35.3 Å². The minimum absolute atomic E-state index is 0.202. The van der Waals surface area contributed by atoms with E-state index in [4.69, 9.17) is 4.42 Å². The molecule has 1 heterocycles.